The number of anilines is 8. The first-order valence-electron chi connectivity index (χ1n) is 30.8. The van der Waals surface area contributed by atoms with Crippen molar-refractivity contribution in [1.29, 1.82) is 0 Å². The molecular weight excluding hydrogens is 1020 g/mol. The molecule has 4 atom stereocenters. The Morgan fingerprint density at radius 2 is 0.881 bits per heavy atom. The monoisotopic (exact) mass is 1100 g/mol. The molecule has 6 aromatic carbocycles. The number of rotatable bonds is 5. The molecule has 2 aromatic heterocycles. The van der Waals surface area contributed by atoms with Crippen LogP contribution in [0.1, 0.15) is 155 Å². The number of aryl methyl sites for hydroxylation is 2. The van der Waals surface area contributed by atoms with E-state index in [4.69, 9.17) is 33.1 Å². The van der Waals surface area contributed by atoms with Crippen LogP contribution in [-0.2, 0) is 27.1 Å². The highest BCUT2D eigenvalue weighted by atomic mass is 15.5. The van der Waals surface area contributed by atoms with E-state index in [2.05, 4.69) is 264 Å². The summed E-state index contributed by atoms with van der Waals surface area (Å²) in [6, 6.07) is 50.5. The van der Waals surface area contributed by atoms with Gasteiger partial charge in [0.15, 0.2) is 23.3 Å². The molecule has 0 N–H and O–H groups in total. The fourth-order valence-corrected chi connectivity index (χ4v) is 17.7. The summed E-state index contributed by atoms with van der Waals surface area (Å²) >= 11 is 0. The second-order valence-corrected chi connectivity index (χ2v) is 28.9. The summed E-state index contributed by atoms with van der Waals surface area (Å²) < 4.78 is 0. The third-order valence-electron chi connectivity index (χ3n) is 24.5. The predicted molar refractivity (Wildman–Crippen MR) is 348 cm³/mol. The molecule has 7 bridgehead atoms. The van der Waals surface area contributed by atoms with E-state index in [1.165, 1.54) is 38.9 Å². The van der Waals surface area contributed by atoms with E-state index in [1.807, 2.05) is 0 Å². The van der Waals surface area contributed by atoms with Crippen LogP contribution in [0.15, 0.2) is 152 Å². The van der Waals surface area contributed by atoms with E-state index in [0.29, 0.717) is 12.8 Å². The average Bonchev–Trinajstić information content (AvgIpc) is 1.30. The second kappa shape index (κ2) is 16.5. The van der Waals surface area contributed by atoms with Gasteiger partial charge in [-0.1, -0.05) is 206 Å². The fourth-order valence-electron chi connectivity index (χ4n) is 17.7. The van der Waals surface area contributed by atoms with E-state index in [1.54, 1.807) is 0 Å². The lowest BCUT2D eigenvalue weighted by Gasteiger charge is -2.64. The van der Waals surface area contributed by atoms with Gasteiger partial charge in [0.25, 0.3) is 0 Å². The van der Waals surface area contributed by atoms with E-state index >= 15 is 0 Å². The molecular formula is C76H80N8. The Bertz CT molecular complexity index is 4220. The van der Waals surface area contributed by atoms with Crippen molar-refractivity contribution in [1.82, 2.24) is 19.9 Å². The van der Waals surface area contributed by atoms with Crippen molar-refractivity contribution in [3.05, 3.63) is 197 Å². The first-order chi connectivity index (χ1) is 39.8. The second-order valence-electron chi connectivity index (χ2n) is 28.9. The molecule has 0 saturated carbocycles. The number of nitrogens with zero attached hydrogens (tertiary/aromatic N) is 8. The van der Waals surface area contributed by atoms with Gasteiger partial charge in [0, 0.05) is 55.1 Å². The molecule has 4 aliphatic heterocycles. The summed E-state index contributed by atoms with van der Waals surface area (Å²) in [5, 5.41) is 0. The smallest absolute Gasteiger partial charge is 0.179 e. The van der Waals surface area contributed by atoms with Gasteiger partial charge in [-0.05, 0) is 136 Å². The van der Waals surface area contributed by atoms with Crippen molar-refractivity contribution < 1.29 is 0 Å². The van der Waals surface area contributed by atoms with Gasteiger partial charge in [0.05, 0.1) is 28.5 Å². The zero-order valence-electron chi connectivity index (χ0n) is 52.3. The maximum atomic E-state index is 6.11. The third kappa shape index (κ3) is 5.91. The lowest BCUT2D eigenvalue weighted by molar-refractivity contribution is 0.121. The van der Waals surface area contributed by atoms with Crippen LogP contribution in [0.2, 0.25) is 0 Å². The molecule has 424 valence electrons. The van der Waals surface area contributed by atoms with E-state index < -0.39 is 23.2 Å². The maximum Gasteiger partial charge on any atom is 0.179 e. The third-order valence-corrected chi connectivity index (χ3v) is 24.5. The highest BCUT2D eigenvalue weighted by Crippen LogP contribution is 2.74. The molecule has 8 nitrogen and oxygen atoms in total. The average molecular weight is 1110 g/mol. The van der Waals surface area contributed by atoms with Crippen LogP contribution in [0, 0.1) is 30.1 Å². The molecule has 0 saturated heterocycles. The minimum Gasteiger partial charge on any atom is -0.301 e. The van der Waals surface area contributed by atoms with Crippen molar-refractivity contribution in [3.63, 3.8) is 0 Å². The van der Waals surface area contributed by atoms with Gasteiger partial charge in [-0.3, -0.25) is 9.80 Å². The first kappa shape index (κ1) is 52.9. The predicted octanol–water partition coefficient (Wildman–Crippen LogP) is 19.0. The number of hydrogen-bond acceptors (Lipinski definition) is 8. The van der Waals surface area contributed by atoms with Crippen LogP contribution in [-0.4, -0.2) is 32.3 Å². The Morgan fingerprint density at radius 3 is 1.38 bits per heavy atom. The van der Waals surface area contributed by atoms with E-state index in [9.17, 15) is 0 Å². The Labute approximate surface area is 498 Å². The molecule has 0 fully saturated rings. The molecule has 4 unspecified atom stereocenters. The SMILES string of the molecule is C=C1C2N(c3ccccc3)c3nc4c(nc3N2c2ccc3cc2C1(CC)C1(CC)C(=C)c2cc(ccc2N2c5nc6c(nc5N(c5ccccc5)C21)C(C)(C)C(C)(C)C6(C)C)-c1cccc-3c1-c1cc(C)cc(C)c1)C(C)(C)C(C)(C)C4(C)C. The summed E-state index contributed by atoms with van der Waals surface area (Å²) in [6.07, 6.45) is 0.579. The lowest BCUT2D eigenvalue weighted by atomic mass is 9.46. The van der Waals surface area contributed by atoms with Crippen molar-refractivity contribution in [2.75, 3.05) is 19.6 Å². The minimum absolute atomic E-state index is 0.150. The fraction of sp³-hybridized carbons (Fsp3) is 0.368. The topological polar surface area (TPSA) is 64.5 Å². The Morgan fingerprint density at radius 1 is 0.429 bits per heavy atom. The van der Waals surface area contributed by atoms with Gasteiger partial charge in [-0.25, -0.2) is 19.9 Å². The normalized spacial score (nSPS) is 24.7. The van der Waals surface area contributed by atoms with Crippen LogP contribution in [0.4, 0.5) is 46.0 Å². The van der Waals surface area contributed by atoms with Gasteiger partial charge in [-0.15, -0.1) is 0 Å². The molecule has 6 heterocycles. The molecule has 8 heteroatoms. The van der Waals surface area contributed by atoms with Crippen LogP contribution in [0.25, 0.3) is 39.0 Å². The zero-order valence-corrected chi connectivity index (χ0v) is 52.3. The Kier molecular flexibility index (Phi) is 10.4. The standard InChI is InChI=1S/C76H80N8/c1-19-75-46(6)67-81(50-28-23-21-24-29-50)63-65(79-61-59(77-63)69(7,8)73(15,16)71(61,11)12)83(67)57-37-35-48(42-55(57)75)53-33-27-32-52(58(53)49-39-43(3)38-44(4)40-49)47-34-36-56-54(41-47)45(5)76(75,20-2)68-82(51-30-25-22-26-31-51)64-66(84(56)68)80-62-60(78-64)70(9,10)74(17,18)72(62,13)14/h21-42,67-68H,5-6,19-20H2,1-4,7-18H3. The van der Waals surface area contributed by atoms with Gasteiger partial charge >= 0.3 is 0 Å². The molecule has 84 heavy (non-hydrogen) atoms. The Balaban J connectivity index is 1.12. The molecule has 8 aromatic rings. The summed E-state index contributed by atoms with van der Waals surface area (Å²) in [6.45, 7) is 49.2. The van der Waals surface area contributed by atoms with Gasteiger partial charge in [-0.2, -0.15) is 0 Å². The highest BCUT2D eigenvalue weighted by molar-refractivity contribution is 6.02. The summed E-state index contributed by atoms with van der Waals surface area (Å²) in [5.74, 6) is 3.48. The number of aromatic nitrogens is 4. The maximum absolute atomic E-state index is 6.11. The molecule has 15 rings (SSSR count). The summed E-state index contributed by atoms with van der Waals surface area (Å²) in [4.78, 5) is 34.4. The van der Waals surface area contributed by atoms with E-state index in [0.717, 1.165) is 96.6 Å². The molecule has 0 amide bonds. The quantitative estimate of drug-likeness (QED) is 0.158. The van der Waals surface area contributed by atoms with Crippen LogP contribution >= 0.6 is 0 Å². The molecule has 7 aliphatic rings. The van der Waals surface area contributed by atoms with Gasteiger partial charge in [0.2, 0.25) is 0 Å². The van der Waals surface area contributed by atoms with Crippen LogP contribution in [0.3, 0.4) is 0 Å². The van der Waals surface area contributed by atoms with Crippen molar-refractivity contribution in [2.45, 2.75) is 163 Å². The van der Waals surface area contributed by atoms with E-state index in [-0.39, 0.29) is 32.5 Å². The largest absolute Gasteiger partial charge is 0.301 e. The van der Waals surface area contributed by atoms with Gasteiger partial charge < -0.3 is 9.80 Å². The summed E-state index contributed by atoms with van der Waals surface area (Å²) in [5.41, 5.74) is 19.5. The van der Waals surface area contributed by atoms with Crippen LogP contribution < -0.4 is 19.6 Å². The summed E-state index contributed by atoms with van der Waals surface area (Å²) in [7, 11) is 0. The highest BCUT2D eigenvalue weighted by Gasteiger charge is 2.71. The van der Waals surface area contributed by atoms with Crippen molar-refractivity contribution in [2.24, 2.45) is 16.2 Å². The Hall–Kier alpha value is -7.84. The number of benzene rings is 6. The first-order valence-corrected chi connectivity index (χ1v) is 30.8. The van der Waals surface area contributed by atoms with Crippen molar-refractivity contribution in [3.8, 4) is 33.4 Å². The minimum atomic E-state index is -0.838. The molecule has 0 radical (unpaired) electrons. The number of fused-ring (bicyclic) bond motifs is 19. The zero-order chi connectivity index (χ0) is 59.1. The number of hydrogen-bond donors (Lipinski definition) is 0. The van der Waals surface area contributed by atoms with Crippen molar-refractivity contribution >= 4 is 51.6 Å². The van der Waals surface area contributed by atoms with Gasteiger partial charge in [0.1, 0.15) is 12.3 Å². The van der Waals surface area contributed by atoms with Crippen LogP contribution in [0.5, 0.6) is 0 Å². The number of para-hydroxylation sites is 2. The lowest BCUT2D eigenvalue weighted by Crippen LogP contribution is -2.67. The molecule has 0 spiro atoms. The molecule has 3 aliphatic carbocycles.